The van der Waals surface area contributed by atoms with Crippen LogP contribution in [-0.2, 0) is 10.5 Å². The topological polar surface area (TPSA) is 38.3 Å². The van der Waals surface area contributed by atoms with Crippen molar-refractivity contribution < 1.29 is 9.53 Å². The van der Waals surface area contributed by atoms with Gasteiger partial charge in [0.1, 0.15) is 5.75 Å². The summed E-state index contributed by atoms with van der Waals surface area (Å²) in [6.07, 6.45) is -0.580. The van der Waals surface area contributed by atoms with E-state index in [1.807, 2.05) is 63.2 Å². The number of aryl methyl sites for hydroxylation is 3. The Morgan fingerprint density at radius 3 is 2.45 bits per heavy atom. The molecule has 3 aromatic carbocycles. The van der Waals surface area contributed by atoms with Crippen LogP contribution in [0.25, 0.3) is 0 Å². The molecule has 1 amide bonds. The van der Waals surface area contributed by atoms with Gasteiger partial charge in [-0.3, -0.25) is 4.79 Å². The Morgan fingerprint density at radius 1 is 0.966 bits per heavy atom. The fourth-order valence-electron chi connectivity index (χ4n) is 2.95. The molecular formula is C25H27NO2S. The highest BCUT2D eigenvalue weighted by Crippen LogP contribution is 2.25. The Bertz CT molecular complexity index is 985. The molecular weight excluding hydrogens is 378 g/mol. The molecule has 0 aliphatic rings. The number of amides is 1. The number of hydrogen-bond donors (Lipinski definition) is 1. The molecule has 1 atom stereocenters. The second-order valence-corrected chi connectivity index (χ2v) is 8.32. The number of nitrogens with one attached hydrogen (secondary N) is 1. The van der Waals surface area contributed by atoms with Crippen LogP contribution in [0.3, 0.4) is 0 Å². The summed E-state index contributed by atoms with van der Waals surface area (Å²) in [5.74, 6) is 1.49. The molecule has 0 saturated carbocycles. The summed E-state index contributed by atoms with van der Waals surface area (Å²) in [6, 6.07) is 22.5. The molecule has 0 bridgehead atoms. The summed E-state index contributed by atoms with van der Waals surface area (Å²) < 4.78 is 5.90. The fourth-order valence-corrected chi connectivity index (χ4v) is 3.81. The van der Waals surface area contributed by atoms with Crippen LogP contribution < -0.4 is 10.1 Å². The van der Waals surface area contributed by atoms with E-state index in [1.165, 1.54) is 10.5 Å². The minimum atomic E-state index is -0.580. The van der Waals surface area contributed by atoms with E-state index in [0.717, 1.165) is 33.9 Å². The third kappa shape index (κ3) is 5.88. The Labute approximate surface area is 177 Å². The van der Waals surface area contributed by atoms with Crippen molar-refractivity contribution in [2.45, 2.75) is 44.4 Å². The Balaban J connectivity index is 1.60. The number of hydrogen-bond acceptors (Lipinski definition) is 3. The van der Waals surface area contributed by atoms with Crippen LogP contribution in [0.1, 0.15) is 29.2 Å². The number of carbonyl (C=O) groups is 1. The monoisotopic (exact) mass is 405 g/mol. The van der Waals surface area contributed by atoms with Gasteiger partial charge >= 0.3 is 0 Å². The van der Waals surface area contributed by atoms with Crippen LogP contribution in [0.2, 0.25) is 0 Å². The van der Waals surface area contributed by atoms with E-state index in [-0.39, 0.29) is 5.91 Å². The van der Waals surface area contributed by atoms with Gasteiger partial charge in [-0.15, -0.1) is 11.8 Å². The molecule has 0 radical (unpaired) electrons. The van der Waals surface area contributed by atoms with Crippen molar-refractivity contribution in [3.8, 4) is 5.75 Å². The molecule has 0 fully saturated rings. The van der Waals surface area contributed by atoms with Crippen molar-refractivity contribution in [3.05, 3.63) is 89.0 Å². The first-order valence-corrected chi connectivity index (χ1v) is 10.7. The van der Waals surface area contributed by atoms with Crippen molar-refractivity contribution in [1.29, 1.82) is 0 Å². The Kier molecular flexibility index (Phi) is 6.99. The van der Waals surface area contributed by atoms with E-state index in [2.05, 4.69) is 29.6 Å². The average molecular weight is 406 g/mol. The van der Waals surface area contributed by atoms with Crippen LogP contribution in [-0.4, -0.2) is 12.0 Å². The maximum atomic E-state index is 12.6. The predicted octanol–water partition coefficient (Wildman–Crippen LogP) is 6.31. The van der Waals surface area contributed by atoms with Crippen LogP contribution in [0, 0.1) is 20.8 Å². The number of anilines is 1. The molecule has 0 aromatic heterocycles. The number of carbonyl (C=O) groups excluding carboxylic acids is 1. The SMILES string of the molecule is Cc1ccc(C)c(O[C@@H](C)C(=O)Nc2ccc(CSc3ccccc3)cc2C)c1. The van der Waals surface area contributed by atoms with Crippen LogP contribution in [0.15, 0.2) is 71.6 Å². The summed E-state index contributed by atoms with van der Waals surface area (Å²) in [6.45, 7) is 7.79. The molecule has 3 aromatic rings. The summed E-state index contributed by atoms with van der Waals surface area (Å²) >= 11 is 1.80. The first kappa shape index (κ1) is 21.0. The average Bonchev–Trinajstić information content (AvgIpc) is 2.71. The van der Waals surface area contributed by atoms with Crippen molar-refractivity contribution in [2.24, 2.45) is 0 Å². The van der Waals surface area contributed by atoms with E-state index in [1.54, 1.807) is 18.7 Å². The second-order valence-electron chi connectivity index (χ2n) is 7.27. The van der Waals surface area contributed by atoms with Gasteiger partial charge in [0.25, 0.3) is 5.91 Å². The number of rotatable bonds is 7. The van der Waals surface area contributed by atoms with Crippen molar-refractivity contribution in [1.82, 2.24) is 0 Å². The van der Waals surface area contributed by atoms with Gasteiger partial charge in [-0.25, -0.2) is 0 Å². The third-order valence-corrected chi connectivity index (χ3v) is 5.80. The van der Waals surface area contributed by atoms with Gasteiger partial charge in [0, 0.05) is 16.3 Å². The number of ether oxygens (including phenoxy) is 1. The molecule has 3 nitrogen and oxygen atoms in total. The van der Waals surface area contributed by atoms with Gasteiger partial charge in [-0.1, -0.05) is 42.5 Å². The zero-order valence-corrected chi connectivity index (χ0v) is 18.2. The maximum Gasteiger partial charge on any atom is 0.265 e. The molecule has 0 heterocycles. The van der Waals surface area contributed by atoms with E-state index in [0.29, 0.717) is 0 Å². The third-order valence-electron chi connectivity index (χ3n) is 4.71. The Morgan fingerprint density at radius 2 is 1.72 bits per heavy atom. The molecule has 3 rings (SSSR count). The van der Waals surface area contributed by atoms with E-state index >= 15 is 0 Å². The normalized spacial score (nSPS) is 11.7. The van der Waals surface area contributed by atoms with E-state index < -0.39 is 6.10 Å². The second kappa shape index (κ2) is 9.66. The lowest BCUT2D eigenvalue weighted by atomic mass is 10.1. The molecule has 0 aliphatic carbocycles. The van der Waals surface area contributed by atoms with Crippen LogP contribution in [0.5, 0.6) is 5.75 Å². The van der Waals surface area contributed by atoms with Gasteiger partial charge in [-0.2, -0.15) is 0 Å². The van der Waals surface area contributed by atoms with Crippen LogP contribution >= 0.6 is 11.8 Å². The van der Waals surface area contributed by atoms with Gasteiger partial charge in [0.05, 0.1) is 0 Å². The van der Waals surface area contributed by atoms with Gasteiger partial charge in [-0.05, 0) is 74.2 Å². The minimum Gasteiger partial charge on any atom is -0.481 e. The lowest BCUT2D eigenvalue weighted by Crippen LogP contribution is -2.30. The van der Waals surface area contributed by atoms with Gasteiger partial charge < -0.3 is 10.1 Å². The number of thioether (sulfide) groups is 1. The van der Waals surface area contributed by atoms with E-state index in [4.69, 9.17) is 4.74 Å². The number of benzene rings is 3. The lowest BCUT2D eigenvalue weighted by Gasteiger charge is -2.18. The lowest BCUT2D eigenvalue weighted by molar-refractivity contribution is -0.122. The Hall–Kier alpha value is -2.72. The van der Waals surface area contributed by atoms with Crippen molar-refractivity contribution in [3.63, 3.8) is 0 Å². The summed E-state index contributed by atoms with van der Waals surface area (Å²) in [4.78, 5) is 13.9. The molecule has 0 aliphatic heterocycles. The van der Waals surface area contributed by atoms with Gasteiger partial charge in [0.15, 0.2) is 6.10 Å². The summed E-state index contributed by atoms with van der Waals surface area (Å²) in [5, 5.41) is 2.99. The standard InChI is InChI=1S/C25H27NO2S/c1-17-10-11-18(2)24(14-17)28-20(4)25(27)26-23-13-12-21(15-19(23)3)16-29-22-8-6-5-7-9-22/h5-15,20H,16H2,1-4H3,(H,26,27)/t20-/m0/s1. The zero-order chi connectivity index (χ0) is 20.8. The minimum absolute atomic E-state index is 0.152. The highest BCUT2D eigenvalue weighted by molar-refractivity contribution is 7.98. The van der Waals surface area contributed by atoms with E-state index in [9.17, 15) is 4.79 Å². The first-order valence-electron chi connectivity index (χ1n) is 9.74. The first-order chi connectivity index (χ1) is 13.9. The molecule has 0 saturated heterocycles. The highest BCUT2D eigenvalue weighted by Gasteiger charge is 2.17. The smallest absolute Gasteiger partial charge is 0.265 e. The molecule has 0 unspecified atom stereocenters. The largest absolute Gasteiger partial charge is 0.481 e. The molecule has 150 valence electrons. The quantitative estimate of drug-likeness (QED) is 0.468. The van der Waals surface area contributed by atoms with Crippen molar-refractivity contribution >= 4 is 23.4 Å². The molecule has 0 spiro atoms. The fraction of sp³-hybridized carbons (Fsp3) is 0.240. The summed E-state index contributed by atoms with van der Waals surface area (Å²) in [7, 11) is 0. The molecule has 4 heteroatoms. The molecule has 1 N–H and O–H groups in total. The zero-order valence-electron chi connectivity index (χ0n) is 17.4. The van der Waals surface area contributed by atoms with Crippen molar-refractivity contribution in [2.75, 3.05) is 5.32 Å². The maximum absolute atomic E-state index is 12.6. The molecule has 29 heavy (non-hydrogen) atoms. The highest BCUT2D eigenvalue weighted by atomic mass is 32.2. The van der Waals surface area contributed by atoms with Crippen LogP contribution in [0.4, 0.5) is 5.69 Å². The predicted molar refractivity (Wildman–Crippen MR) is 122 cm³/mol. The van der Waals surface area contributed by atoms with Gasteiger partial charge in [0.2, 0.25) is 0 Å². The summed E-state index contributed by atoms with van der Waals surface area (Å²) in [5.41, 5.74) is 5.22.